The van der Waals surface area contributed by atoms with Gasteiger partial charge in [0.15, 0.2) is 5.96 Å². The number of morpholine rings is 1. The Morgan fingerprint density at radius 1 is 1.09 bits per heavy atom. The van der Waals surface area contributed by atoms with E-state index in [1.165, 1.54) is 23.3 Å². The molecule has 0 aromatic heterocycles. The minimum atomic E-state index is -0.214. The number of halogens is 1. The predicted molar refractivity (Wildman–Crippen MR) is 128 cm³/mol. The second kappa shape index (κ2) is 12.5. The molecule has 0 amide bonds. The SMILES string of the molecule is CCNC(=NCc1cccc(CN(C)C)c1)NCC(c1ccc(F)cc1)N1CCOCC1. The Morgan fingerprint density at radius 2 is 1.81 bits per heavy atom. The summed E-state index contributed by atoms with van der Waals surface area (Å²) in [6.45, 7) is 8.19. The van der Waals surface area contributed by atoms with Gasteiger partial charge < -0.3 is 20.3 Å². The van der Waals surface area contributed by atoms with E-state index in [2.05, 4.69) is 65.7 Å². The lowest BCUT2D eigenvalue weighted by atomic mass is 10.0. The molecular formula is C25H36FN5O. The van der Waals surface area contributed by atoms with Crippen molar-refractivity contribution in [1.29, 1.82) is 0 Å². The Bertz CT molecular complexity index is 850. The van der Waals surface area contributed by atoms with Gasteiger partial charge in [0.05, 0.1) is 25.8 Å². The number of benzene rings is 2. The first-order valence-corrected chi connectivity index (χ1v) is 11.4. The Labute approximate surface area is 191 Å². The zero-order chi connectivity index (χ0) is 22.8. The van der Waals surface area contributed by atoms with Gasteiger partial charge in [-0.15, -0.1) is 0 Å². The fourth-order valence-corrected chi connectivity index (χ4v) is 3.93. The van der Waals surface area contributed by atoms with Crippen molar-refractivity contribution in [2.45, 2.75) is 26.1 Å². The van der Waals surface area contributed by atoms with Crippen molar-refractivity contribution in [2.75, 3.05) is 53.5 Å². The van der Waals surface area contributed by atoms with E-state index in [0.717, 1.165) is 50.9 Å². The minimum absolute atomic E-state index is 0.117. The number of hydrogen-bond acceptors (Lipinski definition) is 4. The van der Waals surface area contributed by atoms with Crippen LogP contribution in [0.25, 0.3) is 0 Å². The molecule has 2 N–H and O–H groups in total. The van der Waals surface area contributed by atoms with Crippen LogP contribution in [0.3, 0.4) is 0 Å². The zero-order valence-electron chi connectivity index (χ0n) is 19.5. The average Bonchev–Trinajstić information content (AvgIpc) is 2.79. The van der Waals surface area contributed by atoms with Gasteiger partial charge in [0.1, 0.15) is 5.82 Å². The second-order valence-electron chi connectivity index (χ2n) is 8.35. The van der Waals surface area contributed by atoms with Gasteiger partial charge in [-0.2, -0.15) is 0 Å². The highest BCUT2D eigenvalue weighted by Crippen LogP contribution is 2.21. The van der Waals surface area contributed by atoms with Crippen molar-refractivity contribution >= 4 is 5.96 Å². The Balaban J connectivity index is 1.69. The number of nitrogens with zero attached hydrogens (tertiary/aromatic N) is 3. The summed E-state index contributed by atoms with van der Waals surface area (Å²) in [6, 6.07) is 15.5. The number of ether oxygens (including phenoxy) is 1. The van der Waals surface area contributed by atoms with Crippen LogP contribution in [0.5, 0.6) is 0 Å². The van der Waals surface area contributed by atoms with Crippen molar-refractivity contribution < 1.29 is 9.13 Å². The molecule has 1 unspecified atom stereocenters. The highest BCUT2D eigenvalue weighted by atomic mass is 19.1. The minimum Gasteiger partial charge on any atom is -0.379 e. The molecule has 2 aromatic carbocycles. The van der Waals surface area contributed by atoms with Gasteiger partial charge in [-0.05, 0) is 49.8 Å². The first-order chi connectivity index (χ1) is 15.5. The first kappa shape index (κ1) is 24.2. The summed E-state index contributed by atoms with van der Waals surface area (Å²) >= 11 is 0. The molecule has 7 heteroatoms. The molecule has 2 aromatic rings. The third-order valence-corrected chi connectivity index (χ3v) is 5.46. The van der Waals surface area contributed by atoms with Crippen molar-refractivity contribution in [1.82, 2.24) is 20.4 Å². The van der Waals surface area contributed by atoms with Crippen LogP contribution in [0.1, 0.15) is 29.7 Å². The predicted octanol–water partition coefficient (Wildman–Crippen LogP) is 3.02. The summed E-state index contributed by atoms with van der Waals surface area (Å²) in [4.78, 5) is 9.36. The fraction of sp³-hybridized carbons (Fsp3) is 0.480. The average molecular weight is 442 g/mol. The highest BCUT2D eigenvalue weighted by molar-refractivity contribution is 5.79. The molecule has 174 valence electrons. The summed E-state index contributed by atoms with van der Waals surface area (Å²) < 4.78 is 19.0. The molecule has 1 fully saturated rings. The summed E-state index contributed by atoms with van der Waals surface area (Å²) in [7, 11) is 4.15. The lowest BCUT2D eigenvalue weighted by Gasteiger charge is -2.35. The van der Waals surface area contributed by atoms with Crippen LogP contribution in [0, 0.1) is 5.82 Å². The summed E-state index contributed by atoms with van der Waals surface area (Å²) in [5, 5.41) is 6.85. The lowest BCUT2D eigenvalue weighted by Crippen LogP contribution is -2.46. The van der Waals surface area contributed by atoms with E-state index in [1.54, 1.807) is 0 Å². The Morgan fingerprint density at radius 3 is 2.50 bits per heavy atom. The van der Waals surface area contributed by atoms with Gasteiger partial charge in [0.25, 0.3) is 0 Å². The maximum absolute atomic E-state index is 13.5. The van der Waals surface area contributed by atoms with Crippen LogP contribution in [0.15, 0.2) is 53.5 Å². The van der Waals surface area contributed by atoms with Crippen LogP contribution in [-0.2, 0) is 17.8 Å². The monoisotopic (exact) mass is 441 g/mol. The van der Waals surface area contributed by atoms with Crippen molar-refractivity contribution in [2.24, 2.45) is 4.99 Å². The number of aliphatic imine (C=N–C) groups is 1. The third kappa shape index (κ3) is 7.58. The molecule has 6 nitrogen and oxygen atoms in total. The van der Waals surface area contributed by atoms with Gasteiger partial charge in [0, 0.05) is 32.7 Å². The van der Waals surface area contributed by atoms with Gasteiger partial charge in [-0.25, -0.2) is 9.38 Å². The number of nitrogens with one attached hydrogen (secondary N) is 2. The van der Waals surface area contributed by atoms with Crippen LogP contribution in [0.2, 0.25) is 0 Å². The van der Waals surface area contributed by atoms with Crippen molar-refractivity contribution in [3.63, 3.8) is 0 Å². The van der Waals surface area contributed by atoms with E-state index < -0.39 is 0 Å². The van der Waals surface area contributed by atoms with E-state index in [4.69, 9.17) is 9.73 Å². The van der Waals surface area contributed by atoms with Crippen LogP contribution in [-0.4, -0.2) is 69.2 Å². The molecule has 1 heterocycles. The first-order valence-electron chi connectivity index (χ1n) is 11.4. The topological polar surface area (TPSA) is 52.1 Å². The molecule has 0 spiro atoms. The summed E-state index contributed by atoms with van der Waals surface area (Å²) in [5.74, 6) is 0.569. The normalized spacial score (nSPS) is 16.2. The van der Waals surface area contributed by atoms with E-state index in [1.807, 2.05) is 12.1 Å². The van der Waals surface area contributed by atoms with Gasteiger partial charge in [0.2, 0.25) is 0 Å². The standard InChI is InChI=1S/C25H36FN5O/c1-4-27-25(28-17-20-6-5-7-21(16-20)19-30(2)3)29-18-24(31-12-14-32-15-13-31)22-8-10-23(26)11-9-22/h5-11,16,24H,4,12-15,17-19H2,1-3H3,(H2,27,28,29). The second-order valence-corrected chi connectivity index (χ2v) is 8.35. The van der Waals surface area contributed by atoms with E-state index in [9.17, 15) is 4.39 Å². The van der Waals surface area contributed by atoms with Crippen LogP contribution < -0.4 is 10.6 Å². The van der Waals surface area contributed by atoms with E-state index in [0.29, 0.717) is 13.1 Å². The zero-order valence-corrected chi connectivity index (χ0v) is 19.5. The smallest absolute Gasteiger partial charge is 0.191 e. The van der Waals surface area contributed by atoms with Crippen LogP contribution in [0.4, 0.5) is 4.39 Å². The fourth-order valence-electron chi connectivity index (χ4n) is 3.93. The molecular weight excluding hydrogens is 405 g/mol. The van der Waals surface area contributed by atoms with E-state index >= 15 is 0 Å². The maximum atomic E-state index is 13.5. The van der Waals surface area contributed by atoms with Gasteiger partial charge in [-0.1, -0.05) is 36.4 Å². The molecule has 0 saturated carbocycles. The Kier molecular flexibility index (Phi) is 9.46. The van der Waals surface area contributed by atoms with E-state index in [-0.39, 0.29) is 11.9 Å². The third-order valence-electron chi connectivity index (χ3n) is 5.46. The molecule has 0 aliphatic carbocycles. The lowest BCUT2D eigenvalue weighted by molar-refractivity contribution is 0.0170. The molecule has 0 radical (unpaired) electrons. The molecule has 3 rings (SSSR count). The number of rotatable bonds is 9. The Hall–Kier alpha value is -2.48. The molecule has 32 heavy (non-hydrogen) atoms. The van der Waals surface area contributed by atoms with Gasteiger partial charge in [-0.3, -0.25) is 4.90 Å². The number of guanidine groups is 1. The number of hydrogen-bond donors (Lipinski definition) is 2. The quantitative estimate of drug-likeness (QED) is 0.463. The summed E-state index contributed by atoms with van der Waals surface area (Å²) in [6.07, 6.45) is 0. The molecule has 1 aliphatic heterocycles. The summed E-state index contributed by atoms with van der Waals surface area (Å²) in [5.41, 5.74) is 3.56. The molecule has 1 saturated heterocycles. The van der Waals surface area contributed by atoms with Gasteiger partial charge >= 0.3 is 0 Å². The molecule has 0 bridgehead atoms. The van der Waals surface area contributed by atoms with Crippen molar-refractivity contribution in [3.05, 3.63) is 71.0 Å². The molecule has 1 atom stereocenters. The van der Waals surface area contributed by atoms with Crippen molar-refractivity contribution in [3.8, 4) is 0 Å². The largest absolute Gasteiger partial charge is 0.379 e. The molecule has 1 aliphatic rings. The highest BCUT2D eigenvalue weighted by Gasteiger charge is 2.23. The van der Waals surface area contributed by atoms with Crippen LogP contribution >= 0.6 is 0 Å². The maximum Gasteiger partial charge on any atom is 0.191 e.